The Morgan fingerprint density at radius 1 is 1.06 bits per heavy atom. The highest BCUT2D eigenvalue weighted by Crippen LogP contribution is 2.26. The van der Waals surface area contributed by atoms with Gasteiger partial charge in [-0.05, 0) is 102 Å². The average molecular weight is 523 g/mol. The first kappa shape index (κ1) is 29.0. The molecule has 0 bridgehead atoms. The fraction of sp³-hybridized carbons (Fsp3) is 0.741. The molecule has 1 amide bonds. The number of amides is 1. The zero-order valence-electron chi connectivity index (χ0n) is 23.1. The van der Waals surface area contributed by atoms with Crippen LogP contribution >= 0.6 is 0 Å². The van der Waals surface area contributed by atoms with E-state index in [1.165, 1.54) is 25.9 Å². The van der Waals surface area contributed by atoms with Crippen LogP contribution in [0.3, 0.4) is 0 Å². The third-order valence-electron chi connectivity index (χ3n) is 7.71. The van der Waals surface area contributed by atoms with E-state index in [1.807, 2.05) is 45.0 Å². The first-order valence-corrected chi connectivity index (χ1v) is 14.3. The Hall–Kier alpha value is -1.52. The third kappa shape index (κ3) is 7.99. The molecule has 2 fully saturated rings. The molecule has 0 saturated carbocycles. The lowest BCUT2D eigenvalue weighted by Gasteiger charge is -2.41. The Balaban J connectivity index is 1.34. The number of ether oxygens (including phenoxy) is 2. The van der Waals surface area contributed by atoms with E-state index in [0.717, 1.165) is 60.3 Å². The second-order valence-corrected chi connectivity index (χ2v) is 12.1. The van der Waals surface area contributed by atoms with Gasteiger partial charge in [0.25, 0.3) is 0 Å². The van der Waals surface area contributed by atoms with Crippen LogP contribution in [0.25, 0.3) is 0 Å². The summed E-state index contributed by atoms with van der Waals surface area (Å²) in [5, 5.41) is 0. The van der Waals surface area contributed by atoms with Crippen LogP contribution in [0, 0.1) is 19.8 Å². The molecule has 2 aliphatic heterocycles. The molecule has 0 N–H and O–H groups in total. The van der Waals surface area contributed by atoms with Gasteiger partial charge in [-0.15, -0.1) is 0 Å². The summed E-state index contributed by atoms with van der Waals surface area (Å²) in [7, 11) is 6.24. The molecule has 2 heterocycles. The van der Waals surface area contributed by atoms with E-state index in [1.54, 1.807) is 11.4 Å². The zero-order chi connectivity index (χ0) is 26.2. The van der Waals surface area contributed by atoms with Gasteiger partial charge in [-0.2, -0.15) is 0 Å². The molecule has 3 rings (SSSR count). The summed E-state index contributed by atoms with van der Waals surface area (Å²) in [6.45, 7) is 10.3. The van der Waals surface area contributed by atoms with E-state index >= 15 is 0 Å². The zero-order valence-corrected chi connectivity index (χ0v) is 23.9. The van der Waals surface area contributed by atoms with E-state index < -0.39 is 11.0 Å². The summed E-state index contributed by atoms with van der Waals surface area (Å²) >= 11 is 0. The number of methoxy groups -OCH3 is 1. The largest absolute Gasteiger partial charge is 0.497 e. The van der Waals surface area contributed by atoms with Gasteiger partial charge in [0.05, 0.1) is 18.6 Å². The van der Waals surface area contributed by atoms with Crippen LogP contribution in [-0.4, -0.2) is 116 Å². The second kappa shape index (κ2) is 13.9. The van der Waals surface area contributed by atoms with E-state index in [0.29, 0.717) is 19.1 Å². The second-order valence-electron chi connectivity index (χ2n) is 10.5. The van der Waals surface area contributed by atoms with Gasteiger partial charge in [-0.25, -0.2) is 8.51 Å². The summed E-state index contributed by atoms with van der Waals surface area (Å²) < 4.78 is 25.8. The maximum atomic E-state index is 13.0. The Kier molecular flexibility index (Phi) is 11.2. The molecule has 8 nitrogen and oxygen atoms in total. The quantitative estimate of drug-likeness (QED) is 0.416. The lowest BCUT2D eigenvalue weighted by atomic mass is 9.93. The van der Waals surface area contributed by atoms with Crippen molar-refractivity contribution in [3.05, 3.63) is 23.3 Å². The number of rotatable bonds is 11. The first-order valence-electron chi connectivity index (χ1n) is 13.2. The Bertz CT molecular complexity index is 860. The van der Waals surface area contributed by atoms with Crippen LogP contribution in [-0.2, 0) is 20.5 Å². The van der Waals surface area contributed by atoms with Crippen molar-refractivity contribution in [1.82, 2.24) is 19.0 Å². The summed E-state index contributed by atoms with van der Waals surface area (Å²) in [6.07, 6.45) is 4.87. The topological polar surface area (TPSA) is 65.6 Å². The van der Waals surface area contributed by atoms with E-state index in [2.05, 4.69) is 16.8 Å². The lowest BCUT2D eigenvalue weighted by molar-refractivity contribution is -0.135. The van der Waals surface area contributed by atoms with Crippen molar-refractivity contribution >= 4 is 16.9 Å². The molecule has 0 aliphatic carbocycles. The van der Waals surface area contributed by atoms with Crippen LogP contribution in [0.2, 0.25) is 0 Å². The number of aryl methyl sites for hydroxylation is 2. The summed E-state index contributed by atoms with van der Waals surface area (Å²) in [4.78, 5) is 20.3. The third-order valence-corrected chi connectivity index (χ3v) is 9.46. The molecule has 9 heteroatoms. The predicted octanol–water partition coefficient (Wildman–Crippen LogP) is 2.55. The lowest BCUT2D eigenvalue weighted by Crippen LogP contribution is -2.48. The highest BCUT2D eigenvalue weighted by atomic mass is 32.2. The molecular formula is C27H46N4O4S. The Morgan fingerprint density at radius 3 is 2.25 bits per heavy atom. The number of hydrogen-bond donors (Lipinski definition) is 0. The van der Waals surface area contributed by atoms with Crippen molar-refractivity contribution in [2.75, 3.05) is 80.7 Å². The number of likely N-dealkylation sites (tertiary alicyclic amines) is 2. The molecule has 0 radical (unpaired) electrons. The van der Waals surface area contributed by atoms with Crippen molar-refractivity contribution in [3.63, 3.8) is 0 Å². The normalized spacial score (nSPS) is 19.5. The number of likely N-dealkylation sites (N-methyl/N-ethyl adjacent to an activating group) is 2. The summed E-state index contributed by atoms with van der Waals surface area (Å²) in [6, 6.07) is 4.54. The maximum absolute atomic E-state index is 13.0. The highest BCUT2D eigenvalue weighted by molar-refractivity contribution is 7.82. The summed E-state index contributed by atoms with van der Waals surface area (Å²) in [5.74, 6) is 1.34. The maximum Gasteiger partial charge on any atom is 0.248 e. The average Bonchev–Trinajstić information content (AvgIpc) is 2.86. The van der Waals surface area contributed by atoms with Crippen LogP contribution < -0.4 is 4.74 Å². The minimum Gasteiger partial charge on any atom is -0.497 e. The van der Waals surface area contributed by atoms with Crippen LogP contribution in [0.1, 0.15) is 36.8 Å². The van der Waals surface area contributed by atoms with Gasteiger partial charge in [0.1, 0.15) is 23.3 Å². The number of hydrogen-bond acceptors (Lipinski definition) is 6. The van der Waals surface area contributed by atoms with Crippen LogP contribution in [0.4, 0.5) is 0 Å². The smallest absolute Gasteiger partial charge is 0.248 e. The number of nitrogens with zero attached hydrogens (tertiary/aromatic N) is 4. The minimum absolute atomic E-state index is 0.0124. The molecule has 204 valence electrons. The Labute approximate surface area is 220 Å². The molecule has 0 aromatic heterocycles. The highest BCUT2D eigenvalue weighted by Gasteiger charge is 2.28. The fourth-order valence-corrected chi connectivity index (χ4v) is 6.58. The molecule has 1 unspecified atom stereocenters. The van der Waals surface area contributed by atoms with E-state index in [-0.39, 0.29) is 12.5 Å². The van der Waals surface area contributed by atoms with Gasteiger partial charge in [0, 0.05) is 33.2 Å². The van der Waals surface area contributed by atoms with Crippen molar-refractivity contribution in [2.24, 2.45) is 5.92 Å². The molecule has 1 atom stereocenters. The van der Waals surface area contributed by atoms with Gasteiger partial charge in [-0.3, -0.25) is 4.79 Å². The molecule has 2 saturated heterocycles. The molecule has 0 spiro atoms. The van der Waals surface area contributed by atoms with Gasteiger partial charge in [-0.1, -0.05) is 0 Å². The van der Waals surface area contributed by atoms with Crippen LogP contribution in [0.5, 0.6) is 5.75 Å². The van der Waals surface area contributed by atoms with Crippen molar-refractivity contribution < 1.29 is 18.5 Å². The molecule has 1 aromatic carbocycles. The van der Waals surface area contributed by atoms with Crippen molar-refractivity contribution in [3.8, 4) is 5.75 Å². The van der Waals surface area contributed by atoms with Crippen LogP contribution in [0.15, 0.2) is 17.0 Å². The van der Waals surface area contributed by atoms with Crippen molar-refractivity contribution in [1.29, 1.82) is 0 Å². The number of carbonyl (C=O) groups excluding carboxylic acids is 1. The number of piperidine rings is 2. The SMILES string of the molecule is COc1cc(C)c(S(=O)N(C)CCOCC(=O)N(C)CC2CCN(C3CCN(C)CC3)CC2)c(C)c1. The molecule has 2 aliphatic rings. The van der Waals surface area contributed by atoms with Crippen molar-refractivity contribution in [2.45, 2.75) is 50.5 Å². The van der Waals surface area contributed by atoms with Gasteiger partial charge < -0.3 is 24.2 Å². The standard InChI is InChI=1S/C27H46N4O4S/c1-21-17-25(34-6)18-22(2)27(21)36(33)30(5)15-16-35-20-26(32)29(4)19-23-7-13-31(14-8-23)24-9-11-28(3)12-10-24/h17-18,23-24H,7-16,19-20H2,1-6H3. The van der Waals surface area contributed by atoms with Gasteiger partial charge in [0.2, 0.25) is 5.91 Å². The molecular weight excluding hydrogens is 476 g/mol. The predicted molar refractivity (Wildman–Crippen MR) is 145 cm³/mol. The number of benzene rings is 1. The monoisotopic (exact) mass is 522 g/mol. The van der Waals surface area contributed by atoms with Gasteiger partial charge >= 0.3 is 0 Å². The first-order chi connectivity index (χ1) is 17.2. The van der Waals surface area contributed by atoms with Gasteiger partial charge in [0.15, 0.2) is 0 Å². The minimum atomic E-state index is -1.30. The summed E-state index contributed by atoms with van der Waals surface area (Å²) in [5.41, 5.74) is 1.87. The Morgan fingerprint density at radius 2 is 1.67 bits per heavy atom. The fourth-order valence-electron chi connectivity index (χ4n) is 5.36. The van der Waals surface area contributed by atoms with E-state index in [4.69, 9.17) is 9.47 Å². The van der Waals surface area contributed by atoms with E-state index in [9.17, 15) is 9.00 Å². The molecule has 36 heavy (non-hydrogen) atoms. The number of carbonyl (C=O) groups is 1. The molecule has 1 aromatic rings.